The summed E-state index contributed by atoms with van der Waals surface area (Å²) in [6, 6.07) is 8.44. The van der Waals surface area contributed by atoms with E-state index in [1.54, 1.807) is 30.3 Å². The molecule has 0 unspecified atom stereocenters. The lowest BCUT2D eigenvalue weighted by Gasteiger charge is -2.23. The zero-order valence-corrected chi connectivity index (χ0v) is 18.1. The van der Waals surface area contributed by atoms with Crippen LogP contribution in [-0.2, 0) is 16.4 Å². The zero-order valence-electron chi connectivity index (χ0n) is 14.9. The van der Waals surface area contributed by atoms with Gasteiger partial charge in [0, 0.05) is 20.7 Å². The number of hydrogen-bond acceptors (Lipinski definition) is 3. The first kappa shape index (κ1) is 19.7. The van der Waals surface area contributed by atoms with Crippen molar-refractivity contribution in [2.24, 2.45) is 0 Å². The molecule has 2 aliphatic rings. The van der Waals surface area contributed by atoms with Crippen LogP contribution in [0.4, 0.5) is 14.9 Å². The highest BCUT2D eigenvalue weighted by Crippen LogP contribution is 2.37. The number of anilines is 1. The Bertz CT molecular complexity index is 1080. The number of urea groups is 1. The summed E-state index contributed by atoms with van der Waals surface area (Å²) in [5.74, 6) is -0.692. The van der Waals surface area contributed by atoms with E-state index in [2.05, 4.69) is 15.9 Å². The molecule has 148 valence electrons. The number of carbonyl (C=O) groups is 1. The molecule has 0 spiro atoms. The Morgan fingerprint density at radius 2 is 1.89 bits per heavy atom. The third-order valence-electron chi connectivity index (χ3n) is 5.27. The van der Waals surface area contributed by atoms with E-state index >= 15 is 0 Å². The highest BCUT2D eigenvalue weighted by atomic mass is 79.9. The maximum atomic E-state index is 14.3. The molecule has 4 rings (SSSR count). The van der Waals surface area contributed by atoms with E-state index in [9.17, 15) is 17.6 Å². The van der Waals surface area contributed by atoms with Crippen LogP contribution >= 0.6 is 27.5 Å². The summed E-state index contributed by atoms with van der Waals surface area (Å²) in [5, 5.41) is 0.500. The minimum atomic E-state index is -3.30. The van der Waals surface area contributed by atoms with Crippen LogP contribution < -0.4 is 4.90 Å². The van der Waals surface area contributed by atoms with Gasteiger partial charge in [-0.05, 0) is 36.8 Å². The largest absolute Gasteiger partial charge is 0.325 e. The number of nitrogens with zero attached hydrogens (tertiary/aromatic N) is 2. The van der Waals surface area contributed by atoms with Gasteiger partial charge in [0.1, 0.15) is 5.82 Å². The quantitative estimate of drug-likeness (QED) is 0.611. The lowest BCUT2D eigenvalue weighted by atomic mass is 10.1. The predicted octanol–water partition coefficient (Wildman–Crippen LogP) is 4.16. The molecule has 28 heavy (non-hydrogen) atoms. The van der Waals surface area contributed by atoms with Crippen LogP contribution in [-0.4, -0.2) is 42.9 Å². The SMILES string of the molecule is Cc1ccc(N2C(=O)N(Cc3ccc(Br)cc3F)[C@@H]3CS(=O)(=O)C[C@@H]32)cc1Cl. The average molecular weight is 488 g/mol. The first-order chi connectivity index (χ1) is 13.2. The minimum absolute atomic E-state index is 0.00469. The van der Waals surface area contributed by atoms with Crippen molar-refractivity contribution in [1.29, 1.82) is 0 Å². The van der Waals surface area contributed by atoms with Gasteiger partial charge in [-0.1, -0.05) is 39.7 Å². The smallest absolute Gasteiger partial charge is 0.314 e. The fraction of sp³-hybridized carbons (Fsp3) is 0.316. The van der Waals surface area contributed by atoms with Crippen molar-refractivity contribution >= 4 is 49.1 Å². The van der Waals surface area contributed by atoms with E-state index in [0.717, 1.165) is 5.56 Å². The fourth-order valence-corrected chi connectivity index (χ4v) is 6.29. The molecular weight excluding hydrogens is 471 g/mol. The van der Waals surface area contributed by atoms with Crippen molar-refractivity contribution in [2.75, 3.05) is 16.4 Å². The Hall–Kier alpha value is -1.64. The highest BCUT2D eigenvalue weighted by Gasteiger charge is 2.53. The molecule has 2 fully saturated rings. The number of halogens is 3. The maximum absolute atomic E-state index is 14.3. The first-order valence-corrected chi connectivity index (χ1v) is 11.7. The van der Waals surface area contributed by atoms with Gasteiger partial charge in [0.2, 0.25) is 0 Å². The first-order valence-electron chi connectivity index (χ1n) is 8.66. The predicted molar refractivity (Wildman–Crippen MR) is 110 cm³/mol. The van der Waals surface area contributed by atoms with E-state index in [-0.39, 0.29) is 24.1 Å². The van der Waals surface area contributed by atoms with Crippen LogP contribution in [0, 0.1) is 12.7 Å². The summed E-state index contributed by atoms with van der Waals surface area (Å²) in [4.78, 5) is 16.1. The van der Waals surface area contributed by atoms with Gasteiger partial charge >= 0.3 is 6.03 Å². The Kier molecular flexibility index (Phi) is 4.92. The van der Waals surface area contributed by atoms with Crippen LogP contribution in [0.3, 0.4) is 0 Å². The molecule has 2 saturated heterocycles. The van der Waals surface area contributed by atoms with Gasteiger partial charge in [-0.3, -0.25) is 4.90 Å². The zero-order chi connectivity index (χ0) is 20.2. The minimum Gasteiger partial charge on any atom is -0.314 e. The number of fused-ring (bicyclic) bond motifs is 1. The van der Waals surface area contributed by atoms with Crippen molar-refractivity contribution in [3.8, 4) is 0 Å². The molecule has 0 radical (unpaired) electrons. The van der Waals surface area contributed by atoms with E-state index in [1.165, 1.54) is 15.9 Å². The Morgan fingerprint density at radius 1 is 1.18 bits per heavy atom. The number of amides is 2. The number of hydrogen-bond donors (Lipinski definition) is 0. The van der Waals surface area contributed by atoms with Crippen LogP contribution in [0.5, 0.6) is 0 Å². The molecule has 0 bridgehead atoms. The Balaban J connectivity index is 1.73. The normalized spacial score (nSPS) is 23.4. The van der Waals surface area contributed by atoms with Crippen molar-refractivity contribution in [1.82, 2.24) is 4.90 Å². The lowest BCUT2D eigenvalue weighted by molar-refractivity contribution is 0.205. The number of benzene rings is 2. The van der Waals surface area contributed by atoms with Gasteiger partial charge in [0.05, 0.1) is 30.1 Å². The van der Waals surface area contributed by atoms with Gasteiger partial charge < -0.3 is 4.90 Å². The monoisotopic (exact) mass is 486 g/mol. The second-order valence-electron chi connectivity index (χ2n) is 7.16. The van der Waals surface area contributed by atoms with E-state index in [4.69, 9.17) is 11.6 Å². The van der Waals surface area contributed by atoms with Crippen LogP contribution in [0.15, 0.2) is 40.9 Å². The summed E-state index contributed by atoms with van der Waals surface area (Å²) in [7, 11) is -3.30. The molecule has 9 heteroatoms. The maximum Gasteiger partial charge on any atom is 0.325 e. The second-order valence-corrected chi connectivity index (χ2v) is 10.6. The molecular formula is C19H17BrClFN2O3S. The Labute approximate surface area is 176 Å². The summed E-state index contributed by atoms with van der Waals surface area (Å²) in [6.07, 6.45) is 0. The molecule has 2 aromatic rings. The van der Waals surface area contributed by atoms with Crippen molar-refractivity contribution in [2.45, 2.75) is 25.6 Å². The standard InChI is InChI=1S/C19H17BrClFN2O3S/c1-11-2-5-14(7-15(11)21)24-18-10-28(26,27)9-17(18)23(19(24)25)8-12-3-4-13(20)6-16(12)22/h2-7,17-18H,8-10H2,1H3/t17-,18+/m1/s1. The molecule has 2 aliphatic heterocycles. The van der Waals surface area contributed by atoms with E-state index < -0.39 is 27.7 Å². The summed E-state index contributed by atoms with van der Waals surface area (Å²) in [6.45, 7) is 1.86. The van der Waals surface area contributed by atoms with Gasteiger partial charge in [0.25, 0.3) is 0 Å². The van der Waals surface area contributed by atoms with Crippen LogP contribution in [0.2, 0.25) is 5.02 Å². The highest BCUT2D eigenvalue weighted by molar-refractivity contribution is 9.10. The van der Waals surface area contributed by atoms with E-state index in [0.29, 0.717) is 20.7 Å². The number of aryl methyl sites for hydroxylation is 1. The Morgan fingerprint density at radius 3 is 2.57 bits per heavy atom. The molecule has 0 aromatic heterocycles. The van der Waals surface area contributed by atoms with Crippen molar-refractivity contribution in [3.63, 3.8) is 0 Å². The van der Waals surface area contributed by atoms with Crippen LogP contribution in [0.1, 0.15) is 11.1 Å². The molecule has 2 heterocycles. The van der Waals surface area contributed by atoms with Gasteiger partial charge in [0.15, 0.2) is 9.84 Å². The average Bonchev–Trinajstić information content (AvgIpc) is 3.03. The molecule has 2 aromatic carbocycles. The number of carbonyl (C=O) groups excluding carboxylic acids is 1. The van der Waals surface area contributed by atoms with Crippen molar-refractivity contribution in [3.05, 3.63) is 62.8 Å². The molecule has 0 aliphatic carbocycles. The van der Waals surface area contributed by atoms with Gasteiger partial charge in [-0.25, -0.2) is 17.6 Å². The summed E-state index contributed by atoms with van der Waals surface area (Å²) in [5.41, 5.74) is 1.75. The molecule has 0 saturated carbocycles. The summed E-state index contributed by atoms with van der Waals surface area (Å²) >= 11 is 9.43. The van der Waals surface area contributed by atoms with Gasteiger partial charge in [-0.2, -0.15) is 0 Å². The molecule has 2 amide bonds. The second kappa shape index (κ2) is 7.00. The third-order valence-corrected chi connectivity index (χ3v) is 7.87. The number of sulfone groups is 1. The van der Waals surface area contributed by atoms with Crippen LogP contribution in [0.25, 0.3) is 0 Å². The molecule has 5 nitrogen and oxygen atoms in total. The molecule has 2 atom stereocenters. The third kappa shape index (κ3) is 3.42. The number of rotatable bonds is 3. The lowest BCUT2D eigenvalue weighted by Crippen LogP contribution is -2.37. The molecule has 0 N–H and O–H groups in total. The summed E-state index contributed by atoms with van der Waals surface area (Å²) < 4.78 is 39.5. The van der Waals surface area contributed by atoms with Crippen molar-refractivity contribution < 1.29 is 17.6 Å². The fourth-order valence-electron chi connectivity index (χ4n) is 3.83. The topological polar surface area (TPSA) is 57.7 Å². The van der Waals surface area contributed by atoms with Gasteiger partial charge in [-0.15, -0.1) is 0 Å². The van der Waals surface area contributed by atoms with E-state index in [1.807, 2.05) is 6.92 Å².